The number of amides is 2. The molecule has 1 aliphatic rings. The van der Waals surface area contributed by atoms with Gasteiger partial charge in [0, 0.05) is 11.6 Å². The number of hydrogen-bond acceptors (Lipinski definition) is 10. The number of benzene rings is 1. The number of carbonyl (C=O) groups is 3. The van der Waals surface area contributed by atoms with E-state index in [9.17, 15) is 39.7 Å². The number of nitrogens with zero attached hydrogens (tertiary/aromatic N) is 3. The van der Waals surface area contributed by atoms with E-state index in [1.165, 1.54) is 6.92 Å². The van der Waals surface area contributed by atoms with Crippen LogP contribution in [0.5, 0.6) is 5.75 Å². The summed E-state index contributed by atoms with van der Waals surface area (Å²) in [5.41, 5.74) is -2.02. The van der Waals surface area contributed by atoms with Crippen LogP contribution in [0.4, 0.5) is 16.2 Å². The third kappa shape index (κ3) is 3.72. The quantitative estimate of drug-likeness (QED) is 0.334. The molecule has 1 heterocycles. The molecule has 0 aliphatic carbocycles. The van der Waals surface area contributed by atoms with Gasteiger partial charge in [-0.1, -0.05) is 0 Å². The maximum atomic E-state index is 12.4. The number of non-ortho nitro benzene ring substituents is 1. The number of carbonyl (C=O) groups excluding carboxylic acids is 3. The van der Waals surface area contributed by atoms with Crippen LogP contribution in [0.25, 0.3) is 6.08 Å². The SMILES string of the molecule is COC(=O)[C@H](C)N1C(=O)S/C(=C/c2cc([N+](=O)[O-])cc([N+](=O)[O-])c2O)C1=O. The van der Waals surface area contributed by atoms with Gasteiger partial charge in [0.15, 0.2) is 0 Å². The fourth-order valence-corrected chi connectivity index (χ4v) is 3.11. The Labute approximate surface area is 154 Å². The summed E-state index contributed by atoms with van der Waals surface area (Å²) in [5, 5.41) is 31.1. The van der Waals surface area contributed by atoms with E-state index >= 15 is 0 Å². The Bertz CT molecular complexity index is 911. The smallest absolute Gasteiger partial charge is 0.328 e. The molecular formula is C14H11N3O9S. The van der Waals surface area contributed by atoms with Crippen molar-refractivity contribution in [1.29, 1.82) is 0 Å². The molecule has 1 atom stereocenters. The summed E-state index contributed by atoms with van der Waals surface area (Å²) in [7, 11) is 1.08. The molecule has 27 heavy (non-hydrogen) atoms. The minimum absolute atomic E-state index is 0.277. The number of ether oxygens (including phenoxy) is 1. The van der Waals surface area contributed by atoms with Crippen molar-refractivity contribution in [3.05, 3.63) is 42.8 Å². The van der Waals surface area contributed by atoms with E-state index in [4.69, 9.17) is 0 Å². The number of methoxy groups -OCH3 is 1. The van der Waals surface area contributed by atoms with E-state index in [0.717, 1.165) is 19.3 Å². The van der Waals surface area contributed by atoms with E-state index in [0.29, 0.717) is 22.7 Å². The zero-order valence-electron chi connectivity index (χ0n) is 13.8. The Kier molecular flexibility index (Phi) is 5.44. The molecule has 1 aromatic carbocycles. The van der Waals surface area contributed by atoms with Gasteiger partial charge in [-0.2, -0.15) is 0 Å². The molecule has 12 nitrogen and oxygen atoms in total. The molecule has 1 saturated heterocycles. The van der Waals surface area contributed by atoms with Crippen LogP contribution >= 0.6 is 11.8 Å². The molecule has 2 rings (SSSR count). The van der Waals surface area contributed by atoms with Crippen LogP contribution in [-0.4, -0.2) is 50.1 Å². The zero-order valence-corrected chi connectivity index (χ0v) is 14.6. The molecule has 2 amide bonds. The van der Waals surface area contributed by atoms with Gasteiger partial charge in [0.25, 0.3) is 16.8 Å². The number of hydrogen-bond donors (Lipinski definition) is 1. The number of aromatic hydroxyl groups is 1. The maximum Gasteiger partial charge on any atom is 0.328 e. The summed E-state index contributed by atoms with van der Waals surface area (Å²) in [5.74, 6) is -2.65. The molecule has 1 N–H and O–H groups in total. The molecule has 142 valence electrons. The van der Waals surface area contributed by atoms with Gasteiger partial charge in [-0.3, -0.25) is 34.7 Å². The first-order valence-corrected chi connectivity index (χ1v) is 7.90. The van der Waals surface area contributed by atoms with Gasteiger partial charge in [-0.05, 0) is 24.8 Å². The van der Waals surface area contributed by atoms with Gasteiger partial charge in [-0.15, -0.1) is 0 Å². The van der Waals surface area contributed by atoms with Crippen LogP contribution in [-0.2, 0) is 14.3 Å². The highest BCUT2D eigenvalue weighted by atomic mass is 32.2. The molecule has 1 aliphatic heterocycles. The Morgan fingerprint density at radius 1 is 1.30 bits per heavy atom. The molecular weight excluding hydrogens is 386 g/mol. The third-order valence-electron chi connectivity index (χ3n) is 3.55. The summed E-state index contributed by atoms with van der Waals surface area (Å²) < 4.78 is 4.47. The molecule has 13 heteroatoms. The monoisotopic (exact) mass is 397 g/mol. The number of nitro groups is 2. The van der Waals surface area contributed by atoms with Crippen LogP contribution in [0.3, 0.4) is 0 Å². The van der Waals surface area contributed by atoms with E-state index < -0.39 is 55.7 Å². The zero-order chi connectivity index (χ0) is 20.5. The molecule has 0 bridgehead atoms. The molecule has 0 unspecified atom stereocenters. The first kappa shape index (κ1) is 19.8. The van der Waals surface area contributed by atoms with Gasteiger partial charge in [0.1, 0.15) is 6.04 Å². The van der Waals surface area contributed by atoms with Gasteiger partial charge in [0.2, 0.25) is 5.75 Å². The van der Waals surface area contributed by atoms with Crippen LogP contribution in [0.1, 0.15) is 12.5 Å². The summed E-state index contributed by atoms with van der Waals surface area (Å²) in [6.45, 7) is 1.26. The standard InChI is InChI=1S/C14H11N3O9S/c1-6(13(20)26-2)15-12(19)10(27-14(15)21)4-7-3-8(16(22)23)5-9(11(7)18)17(24)25/h3-6,18H,1-2H3/b10-4+/t6-/m0/s1. The second-order valence-corrected chi connectivity index (χ2v) is 6.16. The van der Waals surface area contributed by atoms with Crippen molar-refractivity contribution in [2.45, 2.75) is 13.0 Å². The molecule has 1 aromatic rings. The Morgan fingerprint density at radius 3 is 2.44 bits per heavy atom. The lowest BCUT2D eigenvalue weighted by Gasteiger charge is -2.18. The molecule has 1 fully saturated rings. The lowest BCUT2D eigenvalue weighted by molar-refractivity contribution is -0.394. The van der Waals surface area contributed by atoms with Gasteiger partial charge in [0.05, 0.1) is 27.9 Å². The van der Waals surface area contributed by atoms with Crippen LogP contribution < -0.4 is 0 Å². The van der Waals surface area contributed by atoms with Crippen molar-refractivity contribution in [3.63, 3.8) is 0 Å². The van der Waals surface area contributed by atoms with Crippen molar-refractivity contribution in [2.24, 2.45) is 0 Å². The lowest BCUT2D eigenvalue weighted by Crippen LogP contribution is -2.42. The second-order valence-electron chi connectivity index (χ2n) is 5.17. The van der Waals surface area contributed by atoms with Gasteiger partial charge in [-0.25, -0.2) is 4.79 Å². The minimum atomic E-state index is -1.22. The topological polar surface area (TPSA) is 170 Å². The fourth-order valence-electron chi connectivity index (χ4n) is 2.21. The van der Waals surface area contributed by atoms with E-state index in [1.54, 1.807) is 0 Å². The van der Waals surface area contributed by atoms with Crippen molar-refractivity contribution in [1.82, 2.24) is 4.90 Å². The van der Waals surface area contributed by atoms with Gasteiger partial charge < -0.3 is 9.84 Å². The lowest BCUT2D eigenvalue weighted by atomic mass is 10.1. The highest BCUT2D eigenvalue weighted by molar-refractivity contribution is 8.18. The van der Waals surface area contributed by atoms with Crippen molar-refractivity contribution in [3.8, 4) is 5.75 Å². The fraction of sp³-hybridized carbons (Fsp3) is 0.214. The van der Waals surface area contributed by atoms with Crippen LogP contribution in [0, 0.1) is 20.2 Å². The largest absolute Gasteiger partial charge is 0.502 e. The number of nitro benzene ring substituents is 2. The summed E-state index contributed by atoms with van der Waals surface area (Å²) in [6, 6.07) is 0.166. The van der Waals surface area contributed by atoms with Gasteiger partial charge >= 0.3 is 11.7 Å². The van der Waals surface area contributed by atoms with Crippen molar-refractivity contribution in [2.75, 3.05) is 7.11 Å². The molecule has 0 saturated carbocycles. The number of imide groups is 1. The number of esters is 1. The van der Waals surface area contributed by atoms with Crippen LogP contribution in [0.2, 0.25) is 0 Å². The first-order chi connectivity index (χ1) is 12.6. The predicted molar refractivity (Wildman–Crippen MR) is 90.7 cm³/mol. The Hall–Kier alpha value is -3.48. The van der Waals surface area contributed by atoms with Crippen molar-refractivity contribution >= 4 is 46.3 Å². The number of thioether (sulfide) groups is 1. The predicted octanol–water partition coefficient (Wildman–Crippen LogP) is 1.81. The summed E-state index contributed by atoms with van der Waals surface area (Å²) >= 11 is 0.410. The third-order valence-corrected chi connectivity index (χ3v) is 4.43. The minimum Gasteiger partial charge on any atom is -0.502 e. The highest BCUT2D eigenvalue weighted by Crippen LogP contribution is 2.39. The van der Waals surface area contributed by atoms with E-state index in [-0.39, 0.29) is 4.91 Å². The van der Waals surface area contributed by atoms with Crippen molar-refractivity contribution < 1.29 is 34.1 Å². The Morgan fingerprint density at radius 2 is 1.93 bits per heavy atom. The second kappa shape index (κ2) is 7.41. The normalized spacial score (nSPS) is 16.5. The molecule has 0 spiro atoms. The average Bonchev–Trinajstić information content (AvgIpc) is 2.88. The summed E-state index contributed by atoms with van der Waals surface area (Å²) in [6.07, 6.45) is 0.907. The van der Waals surface area contributed by atoms with Crippen LogP contribution in [0.15, 0.2) is 17.0 Å². The highest BCUT2D eigenvalue weighted by Gasteiger charge is 2.41. The van der Waals surface area contributed by atoms with E-state index in [1.807, 2.05) is 0 Å². The van der Waals surface area contributed by atoms with E-state index in [2.05, 4.69) is 4.74 Å². The molecule has 0 radical (unpaired) electrons. The first-order valence-electron chi connectivity index (χ1n) is 7.09. The number of rotatable bonds is 5. The average molecular weight is 397 g/mol. The maximum absolute atomic E-state index is 12.4. The molecule has 0 aromatic heterocycles. The number of phenols is 1. The Balaban J connectivity index is 2.52. The summed E-state index contributed by atoms with van der Waals surface area (Å²) in [4.78, 5) is 56.3. The number of phenolic OH excluding ortho intramolecular Hbond substituents is 1.